The van der Waals surface area contributed by atoms with Gasteiger partial charge in [-0.2, -0.15) is 0 Å². The molecule has 2 rings (SSSR count). The summed E-state index contributed by atoms with van der Waals surface area (Å²) in [6, 6.07) is 0.533. The number of nitrogens with zero attached hydrogens (tertiary/aromatic N) is 3. The first-order chi connectivity index (χ1) is 7.70. The van der Waals surface area contributed by atoms with E-state index < -0.39 is 0 Å². The van der Waals surface area contributed by atoms with Gasteiger partial charge in [0, 0.05) is 30.5 Å². The average Bonchev–Trinajstić information content (AvgIpc) is 2.29. The second kappa shape index (κ2) is 5.00. The minimum Gasteiger partial charge on any atom is -0.338 e. The van der Waals surface area contributed by atoms with E-state index in [-0.39, 0.29) is 0 Å². The second-order valence-corrected chi connectivity index (χ2v) is 4.96. The highest BCUT2D eigenvalue weighted by atomic mass is 35.5. The van der Waals surface area contributed by atoms with Gasteiger partial charge in [0.1, 0.15) is 0 Å². The highest BCUT2D eigenvalue weighted by molar-refractivity contribution is 6.17. The van der Waals surface area contributed by atoms with Crippen molar-refractivity contribution in [2.24, 2.45) is 5.92 Å². The van der Waals surface area contributed by atoms with Gasteiger partial charge < -0.3 is 4.90 Å². The van der Waals surface area contributed by atoms with Crippen LogP contribution in [0.5, 0.6) is 0 Å². The van der Waals surface area contributed by atoms with E-state index in [0.29, 0.717) is 11.9 Å². The Bertz CT molecular complexity index is 339. The average molecular weight is 240 g/mol. The molecule has 2 unspecified atom stereocenters. The Balaban J connectivity index is 2.11. The molecule has 0 N–H and O–H groups in total. The van der Waals surface area contributed by atoms with E-state index in [0.717, 1.165) is 24.0 Å². The maximum Gasteiger partial charge on any atom is 0.225 e. The highest BCUT2D eigenvalue weighted by Gasteiger charge is 2.24. The highest BCUT2D eigenvalue weighted by Crippen LogP contribution is 2.25. The van der Waals surface area contributed by atoms with Crippen molar-refractivity contribution in [2.75, 3.05) is 11.4 Å². The fraction of sp³-hybridized carbons (Fsp3) is 0.667. The Hall–Kier alpha value is -0.830. The van der Waals surface area contributed by atoms with Crippen molar-refractivity contribution in [1.29, 1.82) is 0 Å². The minimum atomic E-state index is 0.479. The summed E-state index contributed by atoms with van der Waals surface area (Å²) in [5.74, 6) is 2.13. The summed E-state index contributed by atoms with van der Waals surface area (Å²) in [5.41, 5.74) is 0.975. The monoisotopic (exact) mass is 239 g/mol. The molecule has 0 saturated carbocycles. The van der Waals surface area contributed by atoms with E-state index >= 15 is 0 Å². The van der Waals surface area contributed by atoms with Crippen LogP contribution in [0.15, 0.2) is 12.4 Å². The third-order valence-corrected chi connectivity index (χ3v) is 3.55. The summed E-state index contributed by atoms with van der Waals surface area (Å²) < 4.78 is 0. The van der Waals surface area contributed by atoms with Crippen LogP contribution in [0, 0.1) is 5.92 Å². The molecule has 0 aromatic carbocycles. The van der Waals surface area contributed by atoms with Crippen LogP contribution in [-0.4, -0.2) is 22.6 Å². The van der Waals surface area contributed by atoms with E-state index in [1.165, 1.54) is 12.8 Å². The molecule has 0 bridgehead atoms. The summed E-state index contributed by atoms with van der Waals surface area (Å²) in [6.45, 7) is 5.61. The van der Waals surface area contributed by atoms with Crippen LogP contribution in [0.2, 0.25) is 0 Å². The van der Waals surface area contributed by atoms with Crippen LogP contribution in [0.1, 0.15) is 32.3 Å². The fourth-order valence-electron chi connectivity index (χ4n) is 2.27. The van der Waals surface area contributed by atoms with Crippen molar-refractivity contribution in [3.8, 4) is 0 Å². The van der Waals surface area contributed by atoms with Gasteiger partial charge in [0.2, 0.25) is 5.95 Å². The molecule has 16 heavy (non-hydrogen) atoms. The molecule has 1 aliphatic rings. The summed E-state index contributed by atoms with van der Waals surface area (Å²) in [5, 5.41) is 0. The Kier molecular flexibility index (Phi) is 3.64. The molecule has 2 atom stereocenters. The van der Waals surface area contributed by atoms with Gasteiger partial charge in [-0.15, -0.1) is 11.6 Å². The lowest BCUT2D eigenvalue weighted by Crippen LogP contribution is -2.41. The van der Waals surface area contributed by atoms with E-state index in [2.05, 4.69) is 28.7 Å². The first-order valence-corrected chi connectivity index (χ1v) is 6.37. The van der Waals surface area contributed by atoms with Crippen LogP contribution in [0.3, 0.4) is 0 Å². The van der Waals surface area contributed by atoms with Crippen LogP contribution in [0.25, 0.3) is 0 Å². The SMILES string of the molecule is CC1CCN(c2ncc(CCl)cn2)C(C)C1. The van der Waals surface area contributed by atoms with Gasteiger partial charge in [0.05, 0.1) is 5.88 Å². The smallest absolute Gasteiger partial charge is 0.225 e. The predicted molar refractivity (Wildman–Crippen MR) is 66.8 cm³/mol. The molecule has 0 aliphatic carbocycles. The number of anilines is 1. The molecule has 1 fully saturated rings. The topological polar surface area (TPSA) is 29.0 Å². The molecule has 3 nitrogen and oxygen atoms in total. The Morgan fingerprint density at radius 2 is 2.06 bits per heavy atom. The number of piperidine rings is 1. The molecule has 1 aromatic heterocycles. The fourth-order valence-corrected chi connectivity index (χ4v) is 2.41. The van der Waals surface area contributed by atoms with Gasteiger partial charge in [-0.05, 0) is 25.7 Å². The quantitative estimate of drug-likeness (QED) is 0.744. The number of hydrogen-bond acceptors (Lipinski definition) is 3. The Morgan fingerprint density at radius 3 is 2.62 bits per heavy atom. The van der Waals surface area contributed by atoms with Gasteiger partial charge in [0.25, 0.3) is 0 Å². The van der Waals surface area contributed by atoms with Crippen molar-refractivity contribution in [3.05, 3.63) is 18.0 Å². The zero-order chi connectivity index (χ0) is 11.5. The van der Waals surface area contributed by atoms with E-state index in [1.807, 2.05) is 12.4 Å². The Morgan fingerprint density at radius 1 is 1.38 bits per heavy atom. The second-order valence-electron chi connectivity index (χ2n) is 4.70. The maximum absolute atomic E-state index is 5.72. The van der Waals surface area contributed by atoms with Crippen molar-refractivity contribution >= 4 is 17.5 Å². The molecule has 2 heterocycles. The van der Waals surface area contributed by atoms with Crippen LogP contribution in [-0.2, 0) is 5.88 Å². The molecular weight excluding hydrogens is 222 g/mol. The first kappa shape index (κ1) is 11.6. The lowest BCUT2D eigenvalue weighted by atomic mass is 9.94. The molecule has 88 valence electrons. The summed E-state index contributed by atoms with van der Waals surface area (Å²) in [4.78, 5) is 11.0. The third-order valence-electron chi connectivity index (χ3n) is 3.24. The lowest BCUT2D eigenvalue weighted by molar-refractivity contribution is 0.374. The number of rotatable bonds is 2. The molecule has 0 amide bonds. The molecule has 0 radical (unpaired) electrons. The molecule has 1 saturated heterocycles. The Labute approximate surface area is 102 Å². The van der Waals surface area contributed by atoms with Crippen LogP contribution < -0.4 is 4.90 Å². The van der Waals surface area contributed by atoms with Crippen molar-refractivity contribution < 1.29 is 0 Å². The van der Waals surface area contributed by atoms with Gasteiger partial charge in [-0.3, -0.25) is 0 Å². The zero-order valence-electron chi connectivity index (χ0n) is 9.86. The largest absolute Gasteiger partial charge is 0.338 e. The van der Waals surface area contributed by atoms with E-state index in [1.54, 1.807) is 0 Å². The van der Waals surface area contributed by atoms with Gasteiger partial charge in [-0.1, -0.05) is 6.92 Å². The van der Waals surface area contributed by atoms with Gasteiger partial charge >= 0.3 is 0 Å². The van der Waals surface area contributed by atoms with E-state index in [4.69, 9.17) is 11.6 Å². The van der Waals surface area contributed by atoms with E-state index in [9.17, 15) is 0 Å². The molecule has 1 aromatic rings. The molecule has 1 aliphatic heterocycles. The van der Waals surface area contributed by atoms with Crippen molar-refractivity contribution in [1.82, 2.24) is 9.97 Å². The van der Waals surface area contributed by atoms with Crippen LogP contribution >= 0.6 is 11.6 Å². The maximum atomic E-state index is 5.72. The third kappa shape index (κ3) is 2.46. The first-order valence-electron chi connectivity index (χ1n) is 5.84. The standard InChI is InChI=1S/C12H18ClN3/c1-9-3-4-16(10(2)5-9)12-14-7-11(6-13)8-15-12/h7-10H,3-6H2,1-2H3. The number of halogens is 1. The number of aromatic nitrogens is 2. The van der Waals surface area contributed by atoms with Gasteiger partial charge in [0.15, 0.2) is 0 Å². The molecular formula is C12H18ClN3. The van der Waals surface area contributed by atoms with Crippen molar-refractivity contribution in [3.63, 3.8) is 0 Å². The molecule has 4 heteroatoms. The zero-order valence-corrected chi connectivity index (χ0v) is 10.6. The lowest BCUT2D eigenvalue weighted by Gasteiger charge is -2.36. The summed E-state index contributed by atoms with van der Waals surface area (Å²) in [6.07, 6.45) is 6.09. The van der Waals surface area contributed by atoms with Crippen LogP contribution in [0.4, 0.5) is 5.95 Å². The summed E-state index contributed by atoms with van der Waals surface area (Å²) >= 11 is 5.72. The number of hydrogen-bond donors (Lipinski definition) is 0. The minimum absolute atomic E-state index is 0.479. The number of alkyl halides is 1. The normalized spacial score (nSPS) is 25.8. The predicted octanol–water partition coefficient (Wildman–Crippen LogP) is 2.84. The summed E-state index contributed by atoms with van der Waals surface area (Å²) in [7, 11) is 0. The molecule has 0 spiro atoms. The van der Waals surface area contributed by atoms with Gasteiger partial charge in [-0.25, -0.2) is 9.97 Å². The van der Waals surface area contributed by atoms with Crippen molar-refractivity contribution in [2.45, 2.75) is 38.6 Å².